The fraction of sp³-hybridized carbons (Fsp3) is 0.474. The molecule has 1 fully saturated rings. The molecule has 3 rings (SSSR count). The van der Waals surface area contributed by atoms with Crippen LogP contribution >= 0.6 is 0 Å². The zero-order chi connectivity index (χ0) is 17.6. The molecule has 0 radical (unpaired) electrons. The summed E-state index contributed by atoms with van der Waals surface area (Å²) in [5, 5.41) is 6.71. The number of piperidine rings is 1. The number of likely N-dealkylation sites (tertiary alicyclic amines) is 1. The van der Waals surface area contributed by atoms with Crippen molar-refractivity contribution in [3.8, 4) is 0 Å². The first-order valence-electron chi connectivity index (χ1n) is 8.92. The number of nitrogens with zero attached hydrogens (tertiary/aromatic N) is 3. The van der Waals surface area contributed by atoms with Crippen molar-refractivity contribution < 1.29 is 4.39 Å². The SMILES string of the molecule is CC(C)Nc1ccnc(N[C@@H]2CCCN(Cc3ccccc3F)C2)n1. The van der Waals surface area contributed by atoms with Gasteiger partial charge < -0.3 is 10.6 Å². The van der Waals surface area contributed by atoms with Crippen molar-refractivity contribution in [1.82, 2.24) is 14.9 Å². The molecular formula is C19H26FN5. The summed E-state index contributed by atoms with van der Waals surface area (Å²) >= 11 is 0. The van der Waals surface area contributed by atoms with Crippen LogP contribution in [0.3, 0.4) is 0 Å². The van der Waals surface area contributed by atoms with Crippen LogP contribution in [0.25, 0.3) is 0 Å². The van der Waals surface area contributed by atoms with Crippen LogP contribution in [-0.4, -0.2) is 40.0 Å². The van der Waals surface area contributed by atoms with Crippen molar-refractivity contribution in [2.75, 3.05) is 23.7 Å². The molecule has 1 atom stereocenters. The highest BCUT2D eigenvalue weighted by atomic mass is 19.1. The third kappa shape index (κ3) is 5.13. The summed E-state index contributed by atoms with van der Waals surface area (Å²) in [7, 11) is 0. The Morgan fingerprint density at radius 2 is 2.12 bits per heavy atom. The third-order valence-corrected chi connectivity index (χ3v) is 4.28. The van der Waals surface area contributed by atoms with Crippen molar-refractivity contribution in [3.05, 3.63) is 47.9 Å². The first-order valence-corrected chi connectivity index (χ1v) is 8.92. The molecule has 1 saturated heterocycles. The Kier molecular flexibility index (Phi) is 5.81. The van der Waals surface area contributed by atoms with Gasteiger partial charge in [-0.25, -0.2) is 9.37 Å². The number of hydrogen-bond donors (Lipinski definition) is 2. The van der Waals surface area contributed by atoms with E-state index in [-0.39, 0.29) is 11.9 Å². The summed E-state index contributed by atoms with van der Waals surface area (Å²) in [6, 6.07) is 9.47. The second kappa shape index (κ2) is 8.25. The lowest BCUT2D eigenvalue weighted by Gasteiger charge is -2.33. The molecule has 1 aromatic carbocycles. The lowest BCUT2D eigenvalue weighted by atomic mass is 10.0. The van der Waals surface area contributed by atoms with Crippen molar-refractivity contribution >= 4 is 11.8 Å². The summed E-state index contributed by atoms with van der Waals surface area (Å²) < 4.78 is 13.9. The molecule has 134 valence electrons. The fourth-order valence-corrected chi connectivity index (χ4v) is 3.17. The Bertz CT molecular complexity index is 691. The molecule has 0 unspecified atom stereocenters. The molecule has 0 aliphatic carbocycles. The van der Waals surface area contributed by atoms with Crippen LogP contribution in [0.4, 0.5) is 16.2 Å². The zero-order valence-electron chi connectivity index (χ0n) is 14.9. The normalized spacial score (nSPS) is 18.3. The van der Waals surface area contributed by atoms with E-state index in [0.29, 0.717) is 18.5 Å². The van der Waals surface area contributed by atoms with Gasteiger partial charge >= 0.3 is 0 Å². The molecule has 5 nitrogen and oxygen atoms in total. The van der Waals surface area contributed by atoms with Gasteiger partial charge in [-0.2, -0.15) is 4.98 Å². The monoisotopic (exact) mass is 343 g/mol. The Morgan fingerprint density at radius 3 is 2.92 bits per heavy atom. The molecule has 2 N–H and O–H groups in total. The standard InChI is InChI=1S/C19H26FN5/c1-14(2)22-18-9-10-21-19(24-18)23-16-7-5-11-25(13-16)12-15-6-3-4-8-17(15)20/h3-4,6,8-10,14,16H,5,7,11-13H2,1-2H3,(H2,21,22,23,24)/t16-/m1/s1. The average Bonchev–Trinajstić information content (AvgIpc) is 2.57. The third-order valence-electron chi connectivity index (χ3n) is 4.28. The number of rotatable bonds is 6. The number of benzene rings is 1. The Labute approximate surface area is 148 Å². The summed E-state index contributed by atoms with van der Waals surface area (Å²) in [5.74, 6) is 1.34. The van der Waals surface area contributed by atoms with Crippen molar-refractivity contribution in [2.45, 2.75) is 45.3 Å². The Balaban J connectivity index is 1.59. The van der Waals surface area contributed by atoms with Crippen molar-refractivity contribution in [2.24, 2.45) is 0 Å². The lowest BCUT2D eigenvalue weighted by molar-refractivity contribution is 0.206. The predicted molar refractivity (Wildman–Crippen MR) is 99.1 cm³/mol. The van der Waals surface area contributed by atoms with Gasteiger partial charge in [0.05, 0.1) is 0 Å². The molecular weight excluding hydrogens is 317 g/mol. The minimum atomic E-state index is -0.131. The molecule has 0 bridgehead atoms. The number of hydrogen-bond acceptors (Lipinski definition) is 5. The average molecular weight is 343 g/mol. The summed E-state index contributed by atoms with van der Waals surface area (Å²) in [4.78, 5) is 11.1. The molecule has 1 aliphatic rings. The molecule has 25 heavy (non-hydrogen) atoms. The van der Waals surface area contributed by atoms with Crippen LogP contribution in [0.15, 0.2) is 36.5 Å². The number of aromatic nitrogens is 2. The summed E-state index contributed by atoms with van der Waals surface area (Å²) in [6.07, 6.45) is 3.91. The van der Waals surface area contributed by atoms with E-state index in [1.807, 2.05) is 18.2 Å². The van der Waals surface area contributed by atoms with Crippen LogP contribution in [0.2, 0.25) is 0 Å². The van der Waals surface area contributed by atoms with E-state index in [1.54, 1.807) is 12.3 Å². The van der Waals surface area contributed by atoms with E-state index in [2.05, 4.69) is 39.3 Å². The van der Waals surface area contributed by atoms with Gasteiger partial charge in [-0.3, -0.25) is 4.90 Å². The largest absolute Gasteiger partial charge is 0.368 e. The van der Waals surface area contributed by atoms with Gasteiger partial charge in [0, 0.05) is 36.9 Å². The quantitative estimate of drug-likeness (QED) is 0.841. The molecule has 6 heteroatoms. The van der Waals surface area contributed by atoms with Crippen LogP contribution in [0.1, 0.15) is 32.3 Å². The van der Waals surface area contributed by atoms with Gasteiger partial charge in [0.2, 0.25) is 5.95 Å². The minimum Gasteiger partial charge on any atom is -0.368 e. The second-order valence-corrected chi connectivity index (χ2v) is 6.87. The molecule has 1 aromatic heterocycles. The predicted octanol–water partition coefficient (Wildman–Crippen LogP) is 3.51. The topological polar surface area (TPSA) is 53.1 Å². The highest BCUT2D eigenvalue weighted by Gasteiger charge is 2.21. The van der Waals surface area contributed by atoms with Gasteiger partial charge in [-0.05, 0) is 45.4 Å². The maximum Gasteiger partial charge on any atom is 0.224 e. The Morgan fingerprint density at radius 1 is 1.28 bits per heavy atom. The van der Waals surface area contributed by atoms with E-state index in [0.717, 1.165) is 37.3 Å². The van der Waals surface area contributed by atoms with Crippen LogP contribution in [0, 0.1) is 5.82 Å². The summed E-state index contributed by atoms with van der Waals surface area (Å²) in [5.41, 5.74) is 0.752. The molecule has 0 spiro atoms. The van der Waals surface area contributed by atoms with Gasteiger partial charge in [-0.1, -0.05) is 18.2 Å². The Hall–Kier alpha value is -2.21. The first kappa shape index (κ1) is 17.6. The van der Waals surface area contributed by atoms with Gasteiger partial charge in [-0.15, -0.1) is 0 Å². The van der Waals surface area contributed by atoms with Crippen LogP contribution < -0.4 is 10.6 Å². The fourth-order valence-electron chi connectivity index (χ4n) is 3.17. The lowest BCUT2D eigenvalue weighted by Crippen LogP contribution is -2.42. The van der Waals surface area contributed by atoms with Crippen molar-refractivity contribution in [1.29, 1.82) is 0 Å². The first-order chi connectivity index (χ1) is 12.1. The van der Waals surface area contributed by atoms with Gasteiger partial charge in [0.15, 0.2) is 0 Å². The van der Waals surface area contributed by atoms with Gasteiger partial charge in [0.25, 0.3) is 0 Å². The molecule has 0 saturated carbocycles. The van der Waals surface area contributed by atoms with Crippen molar-refractivity contribution in [3.63, 3.8) is 0 Å². The van der Waals surface area contributed by atoms with E-state index in [1.165, 1.54) is 6.07 Å². The second-order valence-electron chi connectivity index (χ2n) is 6.87. The van der Waals surface area contributed by atoms with Crippen LogP contribution in [-0.2, 0) is 6.54 Å². The van der Waals surface area contributed by atoms with E-state index in [4.69, 9.17) is 0 Å². The minimum absolute atomic E-state index is 0.131. The maximum absolute atomic E-state index is 13.9. The molecule has 2 heterocycles. The number of halogens is 1. The highest BCUT2D eigenvalue weighted by molar-refractivity contribution is 5.40. The van der Waals surface area contributed by atoms with E-state index in [9.17, 15) is 4.39 Å². The van der Waals surface area contributed by atoms with Gasteiger partial charge in [0.1, 0.15) is 11.6 Å². The summed E-state index contributed by atoms with van der Waals surface area (Å²) in [6.45, 7) is 6.65. The van der Waals surface area contributed by atoms with E-state index < -0.39 is 0 Å². The zero-order valence-corrected chi connectivity index (χ0v) is 14.9. The smallest absolute Gasteiger partial charge is 0.224 e. The number of nitrogens with one attached hydrogen (secondary N) is 2. The van der Waals surface area contributed by atoms with E-state index >= 15 is 0 Å². The maximum atomic E-state index is 13.9. The molecule has 2 aromatic rings. The number of anilines is 2. The molecule has 1 aliphatic heterocycles. The molecule has 0 amide bonds. The van der Waals surface area contributed by atoms with Crippen LogP contribution in [0.5, 0.6) is 0 Å². The highest BCUT2D eigenvalue weighted by Crippen LogP contribution is 2.18.